The number of benzene rings is 2. The van der Waals surface area contributed by atoms with Crippen molar-refractivity contribution in [3.05, 3.63) is 89.8 Å². The lowest BCUT2D eigenvalue weighted by atomic mass is 10.1. The summed E-state index contributed by atoms with van der Waals surface area (Å²) in [4.78, 5) is 25.6. The number of imidazole rings is 1. The third kappa shape index (κ3) is 3.80. The van der Waals surface area contributed by atoms with E-state index in [1.54, 1.807) is 24.7 Å². The molecule has 9 nitrogen and oxygen atoms in total. The number of anilines is 1. The van der Waals surface area contributed by atoms with Gasteiger partial charge in [0.1, 0.15) is 17.2 Å². The zero-order valence-corrected chi connectivity index (χ0v) is 17.8. The maximum Gasteiger partial charge on any atom is 0.220 e. The highest BCUT2D eigenvalue weighted by Gasteiger charge is 2.14. The molecule has 0 aliphatic rings. The van der Waals surface area contributed by atoms with E-state index >= 15 is 0 Å². The molecular weight excluding hydrogens is 426 g/mol. The molecule has 162 valence electrons. The lowest BCUT2D eigenvalue weighted by Gasteiger charge is -2.07. The molecule has 34 heavy (non-hydrogen) atoms. The summed E-state index contributed by atoms with van der Waals surface area (Å²) in [6.45, 7) is 0. The van der Waals surface area contributed by atoms with Crippen LogP contribution in [0, 0.1) is 11.8 Å². The SMILES string of the molecule is Nc1ncc(Cc2nc3ccccc3[nH]2)c(-c2nccc(C#Cc3ccc4[nH]ncc4c3)n2)n1. The fraction of sp³-hybridized carbons (Fsp3) is 0.0400. The highest BCUT2D eigenvalue weighted by molar-refractivity contribution is 5.79. The summed E-state index contributed by atoms with van der Waals surface area (Å²) in [6, 6.07) is 15.5. The van der Waals surface area contributed by atoms with Crippen LogP contribution in [0.5, 0.6) is 0 Å². The first kappa shape index (κ1) is 19.6. The largest absolute Gasteiger partial charge is 0.368 e. The Bertz CT molecular complexity index is 1690. The zero-order valence-electron chi connectivity index (χ0n) is 17.8. The van der Waals surface area contributed by atoms with E-state index in [4.69, 9.17) is 5.73 Å². The molecule has 4 heterocycles. The molecule has 0 radical (unpaired) electrons. The number of para-hydroxylation sites is 2. The van der Waals surface area contributed by atoms with Gasteiger partial charge in [-0.2, -0.15) is 5.10 Å². The first-order chi connectivity index (χ1) is 16.7. The summed E-state index contributed by atoms with van der Waals surface area (Å²) in [6.07, 6.45) is 5.60. The molecule has 0 aliphatic carbocycles. The quantitative estimate of drug-likeness (QED) is 0.357. The van der Waals surface area contributed by atoms with Gasteiger partial charge in [0.25, 0.3) is 0 Å². The van der Waals surface area contributed by atoms with Crippen LogP contribution >= 0.6 is 0 Å². The molecule has 9 heteroatoms. The van der Waals surface area contributed by atoms with Crippen LogP contribution in [0.2, 0.25) is 0 Å². The smallest absolute Gasteiger partial charge is 0.220 e. The van der Waals surface area contributed by atoms with Crippen LogP contribution in [-0.4, -0.2) is 40.1 Å². The molecule has 0 amide bonds. The van der Waals surface area contributed by atoms with Crippen molar-refractivity contribution < 1.29 is 0 Å². The second-order valence-corrected chi connectivity index (χ2v) is 7.67. The van der Waals surface area contributed by atoms with Gasteiger partial charge in [0.15, 0.2) is 5.82 Å². The summed E-state index contributed by atoms with van der Waals surface area (Å²) in [5, 5.41) is 7.98. The van der Waals surface area contributed by atoms with Crippen LogP contribution in [0.25, 0.3) is 33.5 Å². The molecular formula is C25H17N9. The summed E-state index contributed by atoms with van der Waals surface area (Å²) in [5.74, 6) is 7.62. The lowest BCUT2D eigenvalue weighted by Crippen LogP contribution is -2.05. The van der Waals surface area contributed by atoms with Crippen molar-refractivity contribution in [1.82, 2.24) is 40.1 Å². The van der Waals surface area contributed by atoms with Gasteiger partial charge < -0.3 is 10.7 Å². The Morgan fingerprint density at radius 3 is 2.76 bits per heavy atom. The average Bonchev–Trinajstić information content (AvgIpc) is 3.50. The van der Waals surface area contributed by atoms with E-state index in [0.29, 0.717) is 23.6 Å². The Kier molecular flexibility index (Phi) is 4.67. The van der Waals surface area contributed by atoms with E-state index in [-0.39, 0.29) is 5.95 Å². The number of nitrogens with zero attached hydrogens (tertiary/aromatic N) is 6. The normalized spacial score (nSPS) is 10.9. The number of aromatic nitrogens is 8. The number of rotatable bonds is 3. The predicted molar refractivity (Wildman–Crippen MR) is 128 cm³/mol. The number of hydrogen-bond acceptors (Lipinski definition) is 7. The van der Waals surface area contributed by atoms with E-state index in [9.17, 15) is 0 Å². The van der Waals surface area contributed by atoms with Crippen molar-refractivity contribution >= 4 is 27.9 Å². The van der Waals surface area contributed by atoms with E-state index < -0.39 is 0 Å². The molecule has 0 saturated carbocycles. The number of fused-ring (bicyclic) bond motifs is 2. The van der Waals surface area contributed by atoms with Crippen molar-refractivity contribution in [2.24, 2.45) is 0 Å². The Labute approximate surface area is 193 Å². The number of nitrogens with one attached hydrogen (secondary N) is 2. The summed E-state index contributed by atoms with van der Waals surface area (Å²) < 4.78 is 0. The molecule has 4 aromatic heterocycles. The van der Waals surface area contributed by atoms with Crippen LogP contribution in [0.3, 0.4) is 0 Å². The highest BCUT2D eigenvalue weighted by atomic mass is 15.1. The maximum absolute atomic E-state index is 5.89. The molecule has 0 unspecified atom stereocenters. The van der Waals surface area contributed by atoms with Gasteiger partial charge in [-0.1, -0.05) is 18.1 Å². The van der Waals surface area contributed by atoms with E-state index in [1.807, 2.05) is 42.5 Å². The number of H-pyrrole nitrogens is 2. The van der Waals surface area contributed by atoms with Crippen LogP contribution < -0.4 is 5.73 Å². The number of nitrogens with two attached hydrogens (primary N) is 1. The Morgan fingerprint density at radius 2 is 1.82 bits per heavy atom. The molecule has 6 rings (SSSR count). The van der Waals surface area contributed by atoms with Crippen molar-refractivity contribution in [2.75, 3.05) is 5.73 Å². The van der Waals surface area contributed by atoms with Crippen molar-refractivity contribution in [3.63, 3.8) is 0 Å². The summed E-state index contributed by atoms with van der Waals surface area (Å²) in [7, 11) is 0. The van der Waals surface area contributed by atoms with Gasteiger partial charge in [0.05, 0.1) is 22.7 Å². The minimum atomic E-state index is 0.150. The fourth-order valence-corrected chi connectivity index (χ4v) is 3.71. The summed E-state index contributed by atoms with van der Waals surface area (Å²) >= 11 is 0. The molecule has 0 spiro atoms. The number of aromatic amines is 2. The third-order valence-electron chi connectivity index (χ3n) is 5.32. The topological polar surface area (TPSA) is 135 Å². The van der Waals surface area contributed by atoms with Gasteiger partial charge in [-0.25, -0.2) is 24.9 Å². The minimum Gasteiger partial charge on any atom is -0.368 e. The zero-order chi connectivity index (χ0) is 22.9. The molecule has 2 aromatic carbocycles. The molecule has 0 bridgehead atoms. The van der Waals surface area contributed by atoms with Gasteiger partial charge in [-0.3, -0.25) is 5.10 Å². The predicted octanol–water partition coefficient (Wildman–Crippen LogP) is 3.26. The Morgan fingerprint density at radius 1 is 0.882 bits per heavy atom. The van der Waals surface area contributed by atoms with Gasteiger partial charge in [-0.05, 0) is 42.3 Å². The lowest BCUT2D eigenvalue weighted by molar-refractivity contribution is 0.993. The first-order valence-electron chi connectivity index (χ1n) is 10.5. The average molecular weight is 443 g/mol. The molecule has 0 fully saturated rings. The Hall–Kier alpha value is -5.10. The van der Waals surface area contributed by atoms with Gasteiger partial charge in [0, 0.05) is 35.3 Å². The molecule has 4 N–H and O–H groups in total. The van der Waals surface area contributed by atoms with Crippen LogP contribution in [0.4, 0.5) is 5.95 Å². The van der Waals surface area contributed by atoms with E-state index in [2.05, 4.69) is 51.9 Å². The molecule has 0 saturated heterocycles. The fourth-order valence-electron chi connectivity index (χ4n) is 3.71. The second-order valence-electron chi connectivity index (χ2n) is 7.67. The second kappa shape index (κ2) is 8.11. The monoisotopic (exact) mass is 443 g/mol. The first-order valence-corrected chi connectivity index (χ1v) is 10.5. The van der Waals surface area contributed by atoms with Gasteiger partial charge in [-0.15, -0.1) is 0 Å². The van der Waals surface area contributed by atoms with E-state index in [0.717, 1.165) is 38.9 Å². The Balaban J connectivity index is 1.34. The maximum atomic E-state index is 5.89. The molecule has 6 aromatic rings. The molecule has 0 aliphatic heterocycles. The van der Waals surface area contributed by atoms with Crippen molar-refractivity contribution in [3.8, 4) is 23.4 Å². The van der Waals surface area contributed by atoms with Gasteiger partial charge in [0.2, 0.25) is 5.95 Å². The van der Waals surface area contributed by atoms with Crippen LogP contribution in [-0.2, 0) is 6.42 Å². The van der Waals surface area contributed by atoms with Crippen LogP contribution in [0.1, 0.15) is 22.6 Å². The van der Waals surface area contributed by atoms with Crippen molar-refractivity contribution in [1.29, 1.82) is 0 Å². The van der Waals surface area contributed by atoms with Gasteiger partial charge >= 0.3 is 0 Å². The third-order valence-corrected chi connectivity index (χ3v) is 5.32. The number of hydrogen-bond donors (Lipinski definition) is 3. The summed E-state index contributed by atoms with van der Waals surface area (Å²) in [5.41, 5.74) is 11.5. The number of nitrogen functional groups attached to an aromatic ring is 1. The van der Waals surface area contributed by atoms with E-state index in [1.165, 1.54) is 0 Å². The highest BCUT2D eigenvalue weighted by Crippen LogP contribution is 2.22. The molecule has 0 atom stereocenters. The standard InChI is InChI=1S/C25H17N9/c26-25-28-13-17(12-22-31-20-3-1-2-4-21(20)32-22)23(33-25)24-27-10-9-18(30-24)7-5-15-6-8-19-16(11-15)14-29-34-19/h1-4,6,8-11,13-14H,12H2,(H,29,34)(H,31,32)(H2,26,28,33). The minimum absolute atomic E-state index is 0.150. The van der Waals surface area contributed by atoms with Crippen molar-refractivity contribution in [2.45, 2.75) is 6.42 Å². The van der Waals surface area contributed by atoms with Crippen LogP contribution in [0.15, 0.2) is 67.1 Å².